The van der Waals surface area contributed by atoms with E-state index >= 15 is 0 Å². The molecule has 0 N–H and O–H groups in total. The van der Waals surface area contributed by atoms with E-state index in [9.17, 15) is 9.59 Å². The number of hydrogen-bond acceptors (Lipinski definition) is 6. The van der Waals surface area contributed by atoms with Crippen LogP contribution in [0, 0.1) is 0 Å². The Morgan fingerprint density at radius 2 is 1.27 bits per heavy atom. The van der Waals surface area contributed by atoms with Gasteiger partial charge in [-0.1, -0.05) is 18.2 Å². The maximum absolute atomic E-state index is 12.0. The lowest BCUT2D eigenvalue weighted by Gasteiger charge is -2.07. The monoisotopic (exact) mass is 362 g/mol. The highest BCUT2D eigenvalue weighted by atomic mass is 16.5. The van der Waals surface area contributed by atoms with Gasteiger partial charge >= 0.3 is 11.9 Å². The van der Waals surface area contributed by atoms with Crippen LogP contribution in [-0.4, -0.2) is 51.6 Å². The minimum atomic E-state index is -0.485. The molecule has 1 aromatic carbocycles. The molecular weight excluding hydrogens is 336 g/mol. The largest absolute Gasteiger partial charge is 0.462 e. The summed E-state index contributed by atoms with van der Waals surface area (Å²) in [7, 11) is 0. The van der Waals surface area contributed by atoms with Crippen molar-refractivity contribution in [1.82, 2.24) is 0 Å². The Morgan fingerprint density at radius 1 is 0.808 bits per heavy atom. The molecule has 0 fully saturated rings. The maximum atomic E-state index is 12.0. The Balaban J connectivity index is 2.36. The van der Waals surface area contributed by atoms with Crippen molar-refractivity contribution in [3.63, 3.8) is 0 Å². The van der Waals surface area contributed by atoms with Gasteiger partial charge in [0.15, 0.2) is 0 Å². The third-order valence-corrected chi connectivity index (χ3v) is 3.14. The number of ether oxygens (including phenoxy) is 4. The molecular formula is C20H26O6. The van der Waals surface area contributed by atoms with Gasteiger partial charge < -0.3 is 18.9 Å². The van der Waals surface area contributed by atoms with Gasteiger partial charge in [0.2, 0.25) is 0 Å². The van der Waals surface area contributed by atoms with E-state index in [0.29, 0.717) is 50.4 Å². The first-order chi connectivity index (χ1) is 12.7. The molecule has 0 aromatic heterocycles. The molecule has 1 aromatic rings. The molecule has 0 aliphatic carbocycles. The molecule has 0 heterocycles. The summed E-state index contributed by atoms with van der Waals surface area (Å²) in [6, 6.07) is 6.27. The highest BCUT2D eigenvalue weighted by Crippen LogP contribution is 2.09. The quantitative estimate of drug-likeness (QED) is 0.288. The molecule has 0 aliphatic rings. The summed E-state index contributed by atoms with van der Waals surface area (Å²) in [6.45, 7) is 9.50. The van der Waals surface area contributed by atoms with Gasteiger partial charge in [-0.3, -0.25) is 0 Å². The van der Waals surface area contributed by atoms with Crippen molar-refractivity contribution in [2.75, 3.05) is 39.6 Å². The van der Waals surface area contributed by atoms with E-state index in [4.69, 9.17) is 18.9 Å². The van der Waals surface area contributed by atoms with E-state index in [1.807, 2.05) is 0 Å². The second kappa shape index (κ2) is 13.8. The molecule has 6 heteroatoms. The van der Waals surface area contributed by atoms with Gasteiger partial charge in [-0.2, -0.15) is 0 Å². The summed E-state index contributed by atoms with van der Waals surface area (Å²) in [5, 5.41) is 0. The van der Waals surface area contributed by atoms with Gasteiger partial charge in [0.1, 0.15) is 0 Å². The molecule has 142 valence electrons. The normalized spacial score (nSPS) is 10.2. The predicted molar refractivity (Wildman–Crippen MR) is 98.3 cm³/mol. The number of carbonyl (C=O) groups excluding carboxylic acids is 2. The highest BCUT2D eigenvalue weighted by Gasteiger charge is 2.12. The van der Waals surface area contributed by atoms with Crippen molar-refractivity contribution >= 4 is 11.9 Å². The molecule has 0 atom stereocenters. The molecule has 0 amide bonds. The van der Waals surface area contributed by atoms with E-state index in [1.54, 1.807) is 30.4 Å². The Hall–Kier alpha value is -2.44. The fourth-order valence-corrected chi connectivity index (χ4v) is 1.92. The van der Waals surface area contributed by atoms with Crippen LogP contribution in [0.4, 0.5) is 0 Å². The summed E-state index contributed by atoms with van der Waals surface area (Å²) in [5.74, 6) is -0.970. The van der Waals surface area contributed by atoms with Gasteiger partial charge in [-0.05, 0) is 18.2 Å². The van der Waals surface area contributed by atoms with Crippen LogP contribution in [0.2, 0.25) is 0 Å². The van der Waals surface area contributed by atoms with Crippen LogP contribution >= 0.6 is 0 Å². The lowest BCUT2D eigenvalue weighted by Crippen LogP contribution is -2.11. The fourth-order valence-electron chi connectivity index (χ4n) is 1.92. The van der Waals surface area contributed by atoms with Crippen molar-refractivity contribution in [3.05, 3.63) is 60.7 Å². The summed E-state index contributed by atoms with van der Waals surface area (Å²) < 4.78 is 20.7. The van der Waals surface area contributed by atoms with Crippen molar-refractivity contribution in [2.24, 2.45) is 0 Å². The second-order valence-electron chi connectivity index (χ2n) is 5.29. The first kappa shape index (κ1) is 21.6. The van der Waals surface area contributed by atoms with Crippen LogP contribution in [0.5, 0.6) is 0 Å². The zero-order valence-electron chi connectivity index (χ0n) is 15.0. The Kier molecular flexibility index (Phi) is 11.5. The molecule has 0 unspecified atom stereocenters. The molecule has 0 bridgehead atoms. The van der Waals surface area contributed by atoms with Crippen LogP contribution in [-0.2, 0) is 18.9 Å². The molecule has 0 saturated heterocycles. The molecule has 0 spiro atoms. The highest BCUT2D eigenvalue weighted by molar-refractivity contribution is 5.95. The van der Waals surface area contributed by atoms with E-state index in [0.717, 1.165) is 0 Å². The number of rotatable bonds is 14. The second-order valence-corrected chi connectivity index (χ2v) is 5.29. The standard InChI is InChI=1S/C20H26O6/c1-3-10-23-12-6-14-25-19(21)17-8-5-9-18(16-17)20(22)26-15-7-13-24-11-4-2/h3-5,8-9,16H,1-2,6-7,10-15H2. The van der Waals surface area contributed by atoms with Crippen molar-refractivity contribution < 1.29 is 28.5 Å². The van der Waals surface area contributed by atoms with Crippen LogP contribution in [0.1, 0.15) is 33.6 Å². The van der Waals surface area contributed by atoms with Gasteiger partial charge in [0.25, 0.3) is 0 Å². The van der Waals surface area contributed by atoms with Crippen LogP contribution in [0.25, 0.3) is 0 Å². The Morgan fingerprint density at radius 3 is 1.69 bits per heavy atom. The molecule has 0 saturated carbocycles. The van der Waals surface area contributed by atoms with Crippen molar-refractivity contribution in [3.8, 4) is 0 Å². The van der Waals surface area contributed by atoms with Crippen LogP contribution < -0.4 is 0 Å². The van der Waals surface area contributed by atoms with E-state index in [1.165, 1.54) is 6.07 Å². The van der Waals surface area contributed by atoms with Gasteiger partial charge in [-0.25, -0.2) is 9.59 Å². The molecule has 6 nitrogen and oxygen atoms in total. The van der Waals surface area contributed by atoms with Gasteiger partial charge in [0.05, 0.1) is 50.8 Å². The van der Waals surface area contributed by atoms with Crippen LogP contribution in [0.15, 0.2) is 49.6 Å². The molecule has 1 rings (SSSR count). The first-order valence-corrected chi connectivity index (χ1v) is 8.50. The average molecular weight is 362 g/mol. The zero-order chi connectivity index (χ0) is 19.0. The number of hydrogen-bond donors (Lipinski definition) is 0. The van der Waals surface area contributed by atoms with Crippen molar-refractivity contribution in [2.45, 2.75) is 12.8 Å². The summed E-state index contributed by atoms with van der Waals surface area (Å²) in [6.07, 6.45) is 4.50. The fraction of sp³-hybridized carbons (Fsp3) is 0.400. The number of carbonyl (C=O) groups is 2. The Bertz CT molecular complexity index is 534. The van der Waals surface area contributed by atoms with E-state index < -0.39 is 11.9 Å². The van der Waals surface area contributed by atoms with E-state index in [-0.39, 0.29) is 13.2 Å². The summed E-state index contributed by atoms with van der Waals surface area (Å²) >= 11 is 0. The average Bonchev–Trinajstić information content (AvgIpc) is 2.67. The topological polar surface area (TPSA) is 71.1 Å². The molecule has 0 radical (unpaired) electrons. The SMILES string of the molecule is C=CCOCCCOC(=O)c1cccc(C(=O)OCCCOCC=C)c1. The lowest BCUT2D eigenvalue weighted by atomic mass is 10.1. The van der Waals surface area contributed by atoms with Gasteiger partial charge in [-0.15, -0.1) is 13.2 Å². The third-order valence-electron chi connectivity index (χ3n) is 3.14. The van der Waals surface area contributed by atoms with Crippen LogP contribution in [0.3, 0.4) is 0 Å². The summed E-state index contributed by atoms with van der Waals surface area (Å²) in [5.41, 5.74) is 0.613. The smallest absolute Gasteiger partial charge is 0.338 e. The summed E-state index contributed by atoms with van der Waals surface area (Å²) in [4.78, 5) is 24.0. The number of esters is 2. The lowest BCUT2D eigenvalue weighted by molar-refractivity contribution is 0.0457. The first-order valence-electron chi connectivity index (χ1n) is 8.50. The van der Waals surface area contributed by atoms with Gasteiger partial charge in [0, 0.05) is 12.8 Å². The minimum Gasteiger partial charge on any atom is -0.462 e. The minimum absolute atomic E-state index is 0.245. The maximum Gasteiger partial charge on any atom is 0.338 e. The Labute approximate surface area is 154 Å². The zero-order valence-corrected chi connectivity index (χ0v) is 15.0. The predicted octanol–water partition coefficient (Wildman–Crippen LogP) is 3.19. The number of benzene rings is 1. The third kappa shape index (κ3) is 9.15. The molecule has 26 heavy (non-hydrogen) atoms. The van der Waals surface area contributed by atoms with Crippen molar-refractivity contribution in [1.29, 1.82) is 0 Å². The van der Waals surface area contributed by atoms with E-state index in [2.05, 4.69) is 13.2 Å². The molecule has 0 aliphatic heterocycles.